The van der Waals surface area contributed by atoms with Crippen LogP contribution in [0.3, 0.4) is 0 Å². The fourth-order valence-corrected chi connectivity index (χ4v) is 6.13. The molecule has 0 aromatic heterocycles. The molecule has 0 radical (unpaired) electrons. The van der Waals surface area contributed by atoms with E-state index < -0.39 is 34.2 Å². The summed E-state index contributed by atoms with van der Waals surface area (Å²) in [6.07, 6.45) is -1.22. The van der Waals surface area contributed by atoms with Crippen molar-refractivity contribution < 1.29 is 36.9 Å². The van der Waals surface area contributed by atoms with Gasteiger partial charge in [0, 0.05) is 35.3 Å². The number of halogens is 1. The molecular formula is C28H29FN2O7S. The molecule has 206 valence electrons. The summed E-state index contributed by atoms with van der Waals surface area (Å²) in [5, 5.41) is 12.7. The van der Waals surface area contributed by atoms with Crippen molar-refractivity contribution in [3.05, 3.63) is 83.7 Å². The van der Waals surface area contributed by atoms with Crippen molar-refractivity contribution in [1.29, 1.82) is 0 Å². The maximum absolute atomic E-state index is 13.9. The number of benzene rings is 3. The first-order valence-corrected chi connectivity index (χ1v) is 14.0. The summed E-state index contributed by atoms with van der Waals surface area (Å²) in [6, 6.07) is 17.4. The normalized spacial score (nSPS) is 21.8. The number of rotatable bonds is 9. The molecule has 0 saturated carbocycles. The van der Waals surface area contributed by atoms with Gasteiger partial charge in [0.1, 0.15) is 29.5 Å². The van der Waals surface area contributed by atoms with E-state index in [4.69, 9.17) is 14.2 Å². The van der Waals surface area contributed by atoms with Gasteiger partial charge in [-0.1, -0.05) is 24.3 Å². The molecule has 0 aliphatic carbocycles. The van der Waals surface area contributed by atoms with Crippen LogP contribution in [-0.4, -0.2) is 51.5 Å². The molecule has 1 amide bonds. The van der Waals surface area contributed by atoms with Crippen LogP contribution in [0.2, 0.25) is 0 Å². The third kappa shape index (κ3) is 5.85. The molecule has 3 N–H and O–H groups in total. The Morgan fingerprint density at radius 3 is 2.72 bits per heavy atom. The molecule has 2 heterocycles. The molecule has 1 fully saturated rings. The van der Waals surface area contributed by atoms with Crippen molar-refractivity contribution in [2.24, 2.45) is 0 Å². The molecular weight excluding hydrogens is 527 g/mol. The number of amides is 1. The Kier molecular flexibility index (Phi) is 7.74. The van der Waals surface area contributed by atoms with Gasteiger partial charge in [-0.3, -0.25) is 9.52 Å². The summed E-state index contributed by atoms with van der Waals surface area (Å²) in [6.45, 7) is -0.256. The van der Waals surface area contributed by atoms with Crippen LogP contribution in [0, 0.1) is 5.82 Å². The topological polar surface area (TPSA) is 123 Å². The second kappa shape index (κ2) is 11.2. The van der Waals surface area contributed by atoms with Gasteiger partial charge in [-0.2, -0.15) is 0 Å². The van der Waals surface area contributed by atoms with E-state index in [0.717, 1.165) is 5.56 Å². The average molecular weight is 557 g/mol. The first-order chi connectivity index (χ1) is 18.8. The molecule has 0 unspecified atom stereocenters. The van der Waals surface area contributed by atoms with Gasteiger partial charge >= 0.3 is 0 Å². The van der Waals surface area contributed by atoms with E-state index in [1.165, 1.54) is 25.3 Å². The van der Waals surface area contributed by atoms with E-state index in [2.05, 4.69) is 10.0 Å². The van der Waals surface area contributed by atoms with Gasteiger partial charge in [-0.15, -0.1) is 0 Å². The lowest BCUT2D eigenvalue weighted by Crippen LogP contribution is -2.47. The Bertz CT molecular complexity index is 1470. The van der Waals surface area contributed by atoms with Gasteiger partial charge in [0.25, 0.3) is 10.0 Å². The van der Waals surface area contributed by atoms with E-state index in [1.807, 2.05) is 0 Å². The first-order valence-electron chi connectivity index (χ1n) is 12.5. The Morgan fingerprint density at radius 1 is 1.13 bits per heavy atom. The number of hydrogen-bond donors (Lipinski definition) is 3. The third-order valence-electron chi connectivity index (χ3n) is 6.95. The molecule has 4 atom stereocenters. The lowest BCUT2D eigenvalue weighted by Gasteiger charge is -2.37. The zero-order chi connectivity index (χ0) is 27.6. The van der Waals surface area contributed by atoms with Crippen molar-refractivity contribution in [2.45, 2.75) is 48.5 Å². The Hall–Kier alpha value is -3.67. The molecule has 3 aromatic rings. The zero-order valence-corrected chi connectivity index (χ0v) is 22.0. The smallest absolute Gasteiger partial charge is 0.262 e. The van der Waals surface area contributed by atoms with Crippen molar-refractivity contribution in [3.63, 3.8) is 0 Å². The van der Waals surface area contributed by atoms with E-state index in [-0.39, 0.29) is 36.3 Å². The summed E-state index contributed by atoms with van der Waals surface area (Å²) in [7, 11) is -2.42. The number of fused-ring (bicyclic) bond motifs is 3. The van der Waals surface area contributed by atoms with Crippen LogP contribution < -0.4 is 19.5 Å². The predicted molar refractivity (Wildman–Crippen MR) is 141 cm³/mol. The van der Waals surface area contributed by atoms with Crippen LogP contribution in [0.25, 0.3) is 0 Å². The summed E-state index contributed by atoms with van der Waals surface area (Å²) in [4.78, 5) is 12.7. The minimum Gasteiger partial charge on any atom is -0.497 e. The van der Waals surface area contributed by atoms with Crippen LogP contribution >= 0.6 is 0 Å². The number of aliphatic hydroxyl groups excluding tert-OH is 1. The first kappa shape index (κ1) is 26.9. The fraction of sp³-hybridized carbons (Fsp3) is 0.321. The standard InChI is InChI=1S/C28H29FN2O7S/c1-36-19-6-4-7-21(12-19)39(34,35)31-18-9-10-25-22(11-18)23-13-20(37-26(16-32)28(23)38-25)14-27(33)30-15-17-5-2-3-8-24(17)29/h2-12,20,23,26,28,31-32H,13-16H2,1H3,(H,30,33)/t20-,23-,26+,28+/m0/s1. The van der Waals surface area contributed by atoms with Crippen molar-refractivity contribution in [1.82, 2.24) is 5.32 Å². The van der Waals surface area contributed by atoms with Gasteiger partial charge < -0.3 is 24.6 Å². The van der Waals surface area contributed by atoms with Gasteiger partial charge in [-0.05, 0) is 42.8 Å². The molecule has 11 heteroatoms. The monoisotopic (exact) mass is 556 g/mol. The molecule has 0 spiro atoms. The number of aliphatic hydroxyl groups is 1. The van der Waals surface area contributed by atoms with E-state index in [0.29, 0.717) is 29.2 Å². The molecule has 3 aromatic carbocycles. The van der Waals surface area contributed by atoms with Crippen LogP contribution in [0.4, 0.5) is 10.1 Å². The van der Waals surface area contributed by atoms with Crippen molar-refractivity contribution >= 4 is 21.6 Å². The van der Waals surface area contributed by atoms with E-state index >= 15 is 0 Å². The molecule has 39 heavy (non-hydrogen) atoms. The maximum atomic E-state index is 13.9. The largest absolute Gasteiger partial charge is 0.497 e. The van der Waals surface area contributed by atoms with Crippen LogP contribution in [-0.2, 0) is 26.1 Å². The molecule has 1 saturated heterocycles. The van der Waals surface area contributed by atoms with E-state index in [9.17, 15) is 22.7 Å². The highest BCUT2D eigenvalue weighted by Gasteiger charge is 2.46. The molecule has 0 bridgehead atoms. The number of carbonyl (C=O) groups excluding carboxylic acids is 1. The molecule has 5 rings (SSSR count). The van der Waals surface area contributed by atoms with Crippen molar-refractivity contribution in [2.75, 3.05) is 18.4 Å². The number of carbonyl (C=O) groups is 1. The molecule has 2 aliphatic rings. The molecule has 2 aliphatic heterocycles. The summed E-state index contributed by atoms with van der Waals surface area (Å²) in [5.74, 6) is 0.0617. The Labute approximate surface area is 226 Å². The fourth-order valence-electron chi connectivity index (χ4n) is 5.05. The van der Waals surface area contributed by atoms with Crippen LogP contribution in [0.5, 0.6) is 11.5 Å². The number of hydrogen-bond acceptors (Lipinski definition) is 7. The maximum Gasteiger partial charge on any atom is 0.262 e. The number of anilines is 1. The van der Waals surface area contributed by atoms with Crippen LogP contribution in [0.1, 0.15) is 29.9 Å². The van der Waals surface area contributed by atoms with E-state index in [1.54, 1.807) is 48.5 Å². The lowest BCUT2D eigenvalue weighted by molar-refractivity contribution is -0.142. The Balaban J connectivity index is 1.29. The number of nitrogens with one attached hydrogen (secondary N) is 2. The zero-order valence-electron chi connectivity index (χ0n) is 21.2. The second-order valence-corrected chi connectivity index (χ2v) is 11.2. The average Bonchev–Trinajstić information content (AvgIpc) is 3.30. The van der Waals surface area contributed by atoms with Crippen LogP contribution in [0.15, 0.2) is 71.6 Å². The number of sulfonamides is 1. The van der Waals surface area contributed by atoms with Crippen molar-refractivity contribution in [3.8, 4) is 11.5 Å². The number of ether oxygens (including phenoxy) is 3. The van der Waals surface area contributed by atoms with Gasteiger partial charge in [0.15, 0.2) is 0 Å². The summed E-state index contributed by atoms with van der Waals surface area (Å²) >= 11 is 0. The lowest BCUT2D eigenvalue weighted by atomic mass is 9.84. The predicted octanol–water partition coefficient (Wildman–Crippen LogP) is 3.34. The Morgan fingerprint density at radius 2 is 1.95 bits per heavy atom. The highest BCUT2D eigenvalue weighted by molar-refractivity contribution is 7.92. The molecule has 9 nitrogen and oxygen atoms in total. The number of methoxy groups -OCH3 is 1. The second-order valence-electron chi connectivity index (χ2n) is 9.51. The SMILES string of the molecule is COc1cccc(S(=O)(=O)Nc2ccc3c(c2)[C@@H]2C[C@@H](CC(=O)NCc4ccccc4F)O[C@H](CO)[C@@H]2O3)c1. The van der Waals surface area contributed by atoms with Gasteiger partial charge in [0.2, 0.25) is 5.91 Å². The quantitative estimate of drug-likeness (QED) is 0.370. The highest BCUT2D eigenvalue weighted by Crippen LogP contribution is 2.47. The van der Waals surface area contributed by atoms with Gasteiger partial charge in [-0.25, -0.2) is 12.8 Å². The highest BCUT2D eigenvalue weighted by atomic mass is 32.2. The minimum atomic E-state index is -3.88. The van der Waals surface area contributed by atoms with Gasteiger partial charge in [0.05, 0.1) is 31.1 Å². The summed E-state index contributed by atoms with van der Waals surface area (Å²) in [5.41, 5.74) is 1.50. The minimum absolute atomic E-state index is 0.0195. The third-order valence-corrected chi connectivity index (χ3v) is 8.33. The summed E-state index contributed by atoms with van der Waals surface area (Å²) < 4.78 is 59.7.